The largest absolute Gasteiger partial charge is 0.496 e. The van der Waals surface area contributed by atoms with E-state index in [1.165, 1.54) is 0 Å². The summed E-state index contributed by atoms with van der Waals surface area (Å²) in [5.74, 6) is 1.55. The van der Waals surface area contributed by atoms with Crippen molar-refractivity contribution in [3.05, 3.63) is 58.1 Å². The molecule has 0 saturated heterocycles. The lowest BCUT2D eigenvalue weighted by Crippen LogP contribution is -2.04. The Morgan fingerprint density at radius 3 is 2.50 bits per heavy atom. The van der Waals surface area contributed by atoms with Gasteiger partial charge in [0.1, 0.15) is 18.1 Å². The van der Waals surface area contributed by atoms with Gasteiger partial charge in [-0.2, -0.15) is 0 Å². The molecular weight excluding hydrogens is 274 g/mol. The van der Waals surface area contributed by atoms with Crippen molar-refractivity contribution in [2.75, 3.05) is 7.11 Å². The molecule has 0 aliphatic carbocycles. The molecule has 4 heteroatoms. The molecule has 0 unspecified atom stereocenters. The molecule has 2 rings (SSSR count). The molecule has 2 aromatic rings. The van der Waals surface area contributed by atoms with Crippen molar-refractivity contribution in [1.29, 1.82) is 0 Å². The van der Waals surface area contributed by atoms with Crippen LogP contribution in [0.15, 0.2) is 36.4 Å². The topological polar surface area (TPSA) is 44.5 Å². The summed E-state index contributed by atoms with van der Waals surface area (Å²) in [4.78, 5) is 0. The minimum absolute atomic E-state index is 0.389. The number of aryl methyl sites for hydroxylation is 1. The maximum atomic E-state index is 6.00. The Morgan fingerprint density at radius 1 is 1.05 bits per heavy atom. The Bertz CT molecular complexity index is 599. The number of ether oxygens (including phenoxy) is 2. The highest BCUT2D eigenvalue weighted by Gasteiger charge is 2.07. The van der Waals surface area contributed by atoms with Gasteiger partial charge in [0.15, 0.2) is 0 Å². The minimum atomic E-state index is 0.389. The summed E-state index contributed by atoms with van der Waals surface area (Å²) in [6.45, 7) is 2.87. The van der Waals surface area contributed by atoms with E-state index in [1.54, 1.807) is 13.2 Å². The van der Waals surface area contributed by atoms with E-state index in [1.807, 2.05) is 37.3 Å². The van der Waals surface area contributed by atoms with Gasteiger partial charge in [0.2, 0.25) is 0 Å². The van der Waals surface area contributed by atoms with Crippen molar-refractivity contribution >= 4 is 11.6 Å². The van der Waals surface area contributed by atoms with Crippen molar-refractivity contribution in [1.82, 2.24) is 0 Å². The van der Waals surface area contributed by atoms with E-state index in [2.05, 4.69) is 0 Å². The second-order valence-electron chi connectivity index (χ2n) is 4.56. The van der Waals surface area contributed by atoms with Crippen LogP contribution in [0.2, 0.25) is 5.02 Å². The zero-order valence-corrected chi connectivity index (χ0v) is 12.4. The van der Waals surface area contributed by atoms with E-state index in [9.17, 15) is 0 Å². The van der Waals surface area contributed by atoms with Crippen molar-refractivity contribution in [3.63, 3.8) is 0 Å². The average Bonchev–Trinajstić information content (AvgIpc) is 2.46. The first-order chi connectivity index (χ1) is 9.63. The van der Waals surface area contributed by atoms with Crippen LogP contribution in [0.5, 0.6) is 11.5 Å². The fourth-order valence-corrected chi connectivity index (χ4v) is 2.22. The van der Waals surface area contributed by atoms with E-state index >= 15 is 0 Å². The van der Waals surface area contributed by atoms with Crippen LogP contribution in [0, 0.1) is 6.92 Å². The molecule has 0 saturated carbocycles. The summed E-state index contributed by atoms with van der Waals surface area (Å²) in [6.07, 6.45) is 0. The molecule has 0 heterocycles. The van der Waals surface area contributed by atoms with Crippen molar-refractivity contribution in [2.45, 2.75) is 20.1 Å². The van der Waals surface area contributed by atoms with Crippen LogP contribution in [-0.4, -0.2) is 7.11 Å². The van der Waals surface area contributed by atoms with Gasteiger partial charge in [0, 0.05) is 22.7 Å². The molecule has 2 N–H and O–H groups in total. The fraction of sp³-hybridized carbons (Fsp3) is 0.250. The van der Waals surface area contributed by atoms with E-state index in [4.69, 9.17) is 26.8 Å². The second-order valence-corrected chi connectivity index (χ2v) is 5.00. The highest BCUT2D eigenvalue weighted by Crippen LogP contribution is 2.26. The Kier molecular flexibility index (Phi) is 4.88. The summed E-state index contributed by atoms with van der Waals surface area (Å²) >= 11 is 6.00. The molecular formula is C16H18ClNO2. The molecule has 20 heavy (non-hydrogen) atoms. The number of hydrogen-bond acceptors (Lipinski definition) is 3. The predicted molar refractivity (Wildman–Crippen MR) is 81.4 cm³/mol. The molecule has 0 bridgehead atoms. The molecule has 0 spiro atoms. The first-order valence-corrected chi connectivity index (χ1v) is 6.76. The van der Waals surface area contributed by atoms with Crippen LogP contribution in [0.4, 0.5) is 0 Å². The lowest BCUT2D eigenvalue weighted by molar-refractivity contribution is 0.294. The molecule has 0 fully saturated rings. The van der Waals surface area contributed by atoms with Crippen molar-refractivity contribution in [2.24, 2.45) is 5.73 Å². The molecule has 0 atom stereocenters. The van der Waals surface area contributed by atoms with Crippen LogP contribution in [-0.2, 0) is 13.2 Å². The van der Waals surface area contributed by atoms with Crippen molar-refractivity contribution in [3.8, 4) is 11.5 Å². The molecule has 0 aliphatic rings. The Morgan fingerprint density at radius 2 is 1.80 bits per heavy atom. The van der Waals surface area contributed by atoms with Crippen molar-refractivity contribution < 1.29 is 9.47 Å². The van der Waals surface area contributed by atoms with Crippen LogP contribution in [0.1, 0.15) is 16.7 Å². The molecule has 0 aliphatic heterocycles. The van der Waals surface area contributed by atoms with Gasteiger partial charge in [-0.1, -0.05) is 29.3 Å². The first kappa shape index (κ1) is 14.7. The highest BCUT2D eigenvalue weighted by molar-refractivity contribution is 6.30. The number of methoxy groups -OCH3 is 1. The zero-order valence-electron chi connectivity index (χ0n) is 11.7. The molecule has 106 valence electrons. The summed E-state index contributed by atoms with van der Waals surface area (Å²) in [7, 11) is 1.63. The third kappa shape index (κ3) is 3.44. The summed E-state index contributed by atoms with van der Waals surface area (Å²) in [5.41, 5.74) is 8.81. The molecule has 2 aromatic carbocycles. The molecule has 3 nitrogen and oxygen atoms in total. The number of nitrogens with two attached hydrogens (primary N) is 1. The van der Waals surface area contributed by atoms with Crippen LogP contribution in [0.25, 0.3) is 0 Å². The van der Waals surface area contributed by atoms with Gasteiger partial charge >= 0.3 is 0 Å². The quantitative estimate of drug-likeness (QED) is 0.913. The van der Waals surface area contributed by atoms with E-state index in [0.29, 0.717) is 18.2 Å². The number of rotatable bonds is 5. The highest BCUT2D eigenvalue weighted by atomic mass is 35.5. The number of halogens is 1. The summed E-state index contributed by atoms with van der Waals surface area (Å²) in [6, 6.07) is 11.4. The molecule has 0 amide bonds. The number of hydrogen-bond donors (Lipinski definition) is 1. The summed E-state index contributed by atoms with van der Waals surface area (Å²) in [5, 5.41) is 0.660. The SMILES string of the molecule is COc1ccc(Cl)cc1COc1ccc(C)cc1CN. The standard InChI is InChI=1S/C16H18ClNO2/c1-11-3-5-16(12(7-11)9-18)20-10-13-8-14(17)4-6-15(13)19-2/h3-8H,9-10,18H2,1-2H3. The molecule has 0 aromatic heterocycles. The maximum Gasteiger partial charge on any atom is 0.125 e. The number of benzene rings is 2. The second kappa shape index (κ2) is 6.64. The lowest BCUT2D eigenvalue weighted by atomic mass is 10.1. The predicted octanol–water partition coefficient (Wildman–Crippen LogP) is 3.69. The third-order valence-corrected chi connectivity index (χ3v) is 3.30. The van der Waals surface area contributed by atoms with Crippen LogP contribution >= 0.6 is 11.6 Å². The van der Waals surface area contributed by atoms with Gasteiger partial charge in [-0.05, 0) is 31.2 Å². The third-order valence-electron chi connectivity index (χ3n) is 3.06. The smallest absolute Gasteiger partial charge is 0.125 e. The van der Waals surface area contributed by atoms with E-state index < -0.39 is 0 Å². The van der Waals surface area contributed by atoms with Crippen LogP contribution in [0.3, 0.4) is 0 Å². The van der Waals surface area contributed by atoms with E-state index in [-0.39, 0.29) is 0 Å². The first-order valence-electron chi connectivity index (χ1n) is 6.39. The average molecular weight is 292 g/mol. The zero-order chi connectivity index (χ0) is 14.5. The monoisotopic (exact) mass is 291 g/mol. The van der Waals surface area contributed by atoms with Crippen LogP contribution < -0.4 is 15.2 Å². The minimum Gasteiger partial charge on any atom is -0.496 e. The normalized spacial score (nSPS) is 10.4. The van der Waals surface area contributed by atoms with Gasteiger partial charge < -0.3 is 15.2 Å². The Labute approximate surface area is 124 Å². The lowest BCUT2D eigenvalue weighted by Gasteiger charge is -2.13. The fourth-order valence-electron chi connectivity index (χ4n) is 2.02. The maximum absolute atomic E-state index is 6.00. The Hall–Kier alpha value is -1.71. The van der Waals surface area contributed by atoms with Gasteiger partial charge in [-0.25, -0.2) is 0 Å². The molecule has 0 radical (unpaired) electrons. The van der Waals surface area contributed by atoms with Gasteiger partial charge in [-0.3, -0.25) is 0 Å². The van der Waals surface area contributed by atoms with Gasteiger partial charge in [0.25, 0.3) is 0 Å². The Balaban J connectivity index is 2.18. The van der Waals surface area contributed by atoms with E-state index in [0.717, 1.165) is 28.2 Å². The van der Waals surface area contributed by atoms with Gasteiger partial charge in [0.05, 0.1) is 7.11 Å². The summed E-state index contributed by atoms with van der Waals surface area (Å²) < 4.78 is 11.1. The van der Waals surface area contributed by atoms with Gasteiger partial charge in [-0.15, -0.1) is 0 Å².